The highest BCUT2D eigenvalue weighted by atomic mass is 16.7. The van der Waals surface area contributed by atoms with Crippen molar-refractivity contribution in [1.29, 1.82) is 0 Å². The smallest absolute Gasteiger partial charge is 0.432 e. The zero-order valence-corrected chi connectivity index (χ0v) is 19.3. The van der Waals surface area contributed by atoms with Crippen molar-refractivity contribution in [3.63, 3.8) is 0 Å². The molecule has 33 heavy (non-hydrogen) atoms. The average molecular weight is 449 g/mol. The van der Waals surface area contributed by atoms with E-state index < -0.39 is 6.09 Å². The summed E-state index contributed by atoms with van der Waals surface area (Å²) in [5.41, 5.74) is 6.76. The molecule has 0 aliphatic carbocycles. The molecule has 0 aromatic heterocycles. The van der Waals surface area contributed by atoms with E-state index >= 15 is 0 Å². The molecule has 0 unspecified atom stereocenters. The highest BCUT2D eigenvalue weighted by Gasteiger charge is 2.12. The summed E-state index contributed by atoms with van der Waals surface area (Å²) in [7, 11) is 3.15. The zero-order chi connectivity index (χ0) is 23.8. The Bertz CT molecular complexity index is 1110. The molecule has 0 saturated carbocycles. The van der Waals surface area contributed by atoms with Crippen molar-refractivity contribution in [2.24, 2.45) is 0 Å². The number of amides is 2. The van der Waals surface area contributed by atoms with Crippen molar-refractivity contribution in [3.05, 3.63) is 82.9 Å². The molecule has 0 radical (unpaired) electrons. The SMILES string of the molecule is COc1cc(OCc2cccc(-c3c(C)cccc3C)c2)ccc1CN(C)OC(=O)NC=O. The van der Waals surface area contributed by atoms with Crippen LogP contribution in [0.5, 0.6) is 11.5 Å². The molecule has 7 heteroatoms. The van der Waals surface area contributed by atoms with Gasteiger partial charge < -0.3 is 14.3 Å². The largest absolute Gasteiger partial charge is 0.496 e. The second-order valence-corrected chi connectivity index (χ2v) is 7.66. The normalized spacial score (nSPS) is 10.6. The highest BCUT2D eigenvalue weighted by Crippen LogP contribution is 2.29. The van der Waals surface area contributed by atoms with E-state index in [4.69, 9.17) is 14.3 Å². The maximum atomic E-state index is 11.4. The number of hydroxylamine groups is 2. The summed E-state index contributed by atoms with van der Waals surface area (Å²) in [6.07, 6.45) is -0.588. The van der Waals surface area contributed by atoms with E-state index in [1.807, 2.05) is 29.6 Å². The first-order chi connectivity index (χ1) is 15.9. The lowest BCUT2D eigenvalue weighted by Gasteiger charge is -2.18. The van der Waals surface area contributed by atoms with Crippen LogP contribution < -0.4 is 14.8 Å². The first-order valence-corrected chi connectivity index (χ1v) is 10.5. The van der Waals surface area contributed by atoms with Gasteiger partial charge in [0.1, 0.15) is 18.1 Å². The third-order valence-electron chi connectivity index (χ3n) is 5.17. The van der Waals surface area contributed by atoms with Crippen molar-refractivity contribution in [2.45, 2.75) is 27.0 Å². The van der Waals surface area contributed by atoms with Crippen LogP contribution in [0.25, 0.3) is 11.1 Å². The van der Waals surface area contributed by atoms with Crippen molar-refractivity contribution < 1.29 is 23.9 Å². The summed E-state index contributed by atoms with van der Waals surface area (Å²) in [6, 6.07) is 20.1. The molecular weight excluding hydrogens is 420 g/mol. The minimum Gasteiger partial charge on any atom is -0.496 e. The topological polar surface area (TPSA) is 77.1 Å². The molecule has 0 heterocycles. The molecule has 3 rings (SSSR count). The number of benzene rings is 3. The molecule has 0 saturated heterocycles. The lowest BCUT2D eigenvalue weighted by Crippen LogP contribution is -2.30. The van der Waals surface area contributed by atoms with E-state index in [1.54, 1.807) is 20.2 Å². The van der Waals surface area contributed by atoms with E-state index in [-0.39, 0.29) is 13.0 Å². The summed E-state index contributed by atoms with van der Waals surface area (Å²) in [5, 5.41) is 3.22. The van der Waals surface area contributed by atoms with Crippen LogP contribution in [0.2, 0.25) is 0 Å². The predicted molar refractivity (Wildman–Crippen MR) is 126 cm³/mol. The quantitative estimate of drug-likeness (QED) is 0.375. The van der Waals surface area contributed by atoms with Gasteiger partial charge in [-0.25, -0.2) is 4.79 Å². The number of imide groups is 1. The van der Waals surface area contributed by atoms with Gasteiger partial charge >= 0.3 is 6.09 Å². The van der Waals surface area contributed by atoms with E-state index in [9.17, 15) is 9.59 Å². The Hall–Kier alpha value is -3.84. The van der Waals surface area contributed by atoms with Crippen LogP contribution in [0, 0.1) is 13.8 Å². The minimum absolute atomic E-state index is 0.265. The number of carbonyl (C=O) groups is 2. The molecule has 0 bridgehead atoms. The molecule has 0 fully saturated rings. The highest BCUT2D eigenvalue weighted by molar-refractivity contribution is 5.79. The summed E-state index contributed by atoms with van der Waals surface area (Å²) in [6.45, 7) is 4.93. The molecule has 2 amide bonds. The number of nitrogens with one attached hydrogen (secondary N) is 1. The molecule has 0 spiro atoms. The fourth-order valence-electron chi connectivity index (χ4n) is 3.69. The van der Waals surface area contributed by atoms with Crippen LogP contribution in [0.15, 0.2) is 60.7 Å². The van der Waals surface area contributed by atoms with Gasteiger partial charge in [0.05, 0.1) is 13.7 Å². The Labute approximate surface area is 193 Å². The van der Waals surface area contributed by atoms with Gasteiger partial charge in [0.2, 0.25) is 6.41 Å². The number of rotatable bonds is 9. The lowest BCUT2D eigenvalue weighted by molar-refractivity contribution is -0.112. The van der Waals surface area contributed by atoms with E-state index in [2.05, 4.69) is 44.2 Å². The Morgan fingerprint density at radius 3 is 2.45 bits per heavy atom. The van der Waals surface area contributed by atoms with E-state index in [0.29, 0.717) is 18.1 Å². The summed E-state index contributed by atoms with van der Waals surface area (Å²) >= 11 is 0. The molecule has 1 N–H and O–H groups in total. The van der Waals surface area contributed by atoms with E-state index in [1.165, 1.54) is 27.3 Å². The van der Waals surface area contributed by atoms with Crippen LogP contribution in [0.4, 0.5) is 4.79 Å². The number of nitrogens with zero attached hydrogens (tertiary/aromatic N) is 1. The van der Waals surface area contributed by atoms with Gasteiger partial charge in [-0.1, -0.05) is 42.5 Å². The standard InChI is InChI=1S/C26H28N2O5/c1-18-7-5-8-19(2)25(18)21-10-6-9-20(13-21)16-32-23-12-11-22(24(14-23)31-4)15-28(3)33-26(30)27-17-29/h5-14,17H,15-16H2,1-4H3,(H,27,29,30). The number of aryl methyl sites for hydroxylation is 2. The maximum absolute atomic E-state index is 11.4. The fourth-order valence-corrected chi connectivity index (χ4v) is 3.69. The molecule has 172 valence electrons. The van der Waals surface area contributed by atoms with Crippen molar-refractivity contribution >= 4 is 12.5 Å². The fraction of sp³-hybridized carbons (Fsp3) is 0.231. The van der Waals surface area contributed by atoms with E-state index in [0.717, 1.165) is 11.1 Å². The average Bonchev–Trinajstić information content (AvgIpc) is 2.78. The van der Waals surface area contributed by atoms with Crippen molar-refractivity contribution in [1.82, 2.24) is 10.4 Å². The van der Waals surface area contributed by atoms with Crippen LogP contribution in [-0.4, -0.2) is 31.7 Å². The van der Waals surface area contributed by atoms with Crippen LogP contribution in [-0.2, 0) is 22.8 Å². The summed E-state index contributed by atoms with van der Waals surface area (Å²) < 4.78 is 11.5. The van der Waals surface area contributed by atoms with Gasteiger partial charge in [-0.15, -0.1) is 5.06 Å². The number of ether oxygens (including phenoxy) is 2. The maximum Gasteiger partial charge on any atom is 0.432 e. The van der Waals surface area contributed by atoms with Crippen LogP contribution >= 0.6 is 0 Å². The van der Waals surface area contributed by atoms with Gasteiger partial charge in [-0.05, 0) is 53.8 Å². The summed E-state index contributed by atoms with van der Waals surface area (Å²) in [4.78, 5) is 26.6. The zero-order valence-electron chi connectivity index (χ0n) is 19.3. The van der Waals surface area contributed by atoms with Crippen molar-refractivity contribution in [3.8, 4) is 22.6 Å². The molecule has 0 atom stereocenters. The molecule has 7 nitrogen and oxygen atoms in total. The first kappa shape index (κ1) is 23.8. The third-order valence-corrected chi connectivity index (χ3v) is 5.17. The first-order valence-electron chi connectivity index (χ1n) is 10.5. The number of methoxy groups -OCH3 is 1. The molecule has 3 aromatic rings. The summed E-state index contributed by atoms with van der Waals surface area (Å²) in [5.74, 6) is 1.26. The molecule has 3 aromatic carbocycles. The van der Waals surface area contributed by atoms with Gasteiger partial charge in [-0.3, -0.25) is 10.1 Å². The Balaban J connectivity index is 1.68. The van der Waals surface area contributed by atoms with Crippen molar-refractivity contribution in [2.75, 3.05) is 14.2 Å². The minimum atomic E-state index is -0.852. The molecule has 0 aliphatic rings. The third kappa shape index (κ3) is 6.33. The number of carbonyl (C=O) groups excluding carboxylic acids is 2. The van der Waals surface area contributed by atoms with Crippen LogP contribution in [0.1, 0.15) is 22.3 Å². The second kappa shape index (κ2) is 11.2. The monoisotopic (exact) mass is 448 g/mol. The Morgan fingerprint density at radius 1 is 1.03 bits per heavy atom. The van der Waals surface area contributed by atoms with Gasteiger partial charge in [0.25, 0.3) is 0 Å². The van der Waals surface area contributed by atoms with Gasteiger partial charge in [0, 0.05) is 18.7 Å². The number of hydrogen-bond donors (Lipinski definition) is 1. The van der Waals surface area contributed by atoms with Gasteiger partial charge in [-0.2, -0.15) is 0 Å². The Kier molecular flexibility index (Phi) is 8.05. The lowest BCUT2D eigenvalue weighted by atomic mass is 9.95. The Morgan fingerprint density at radius 2 is 1.76 bits per heavy atom. The number of hydrogen-bond acceptors (Lipinski definition) is 6. The molecule has 0 aliphatic heterocycles. The molecular formula is C26H28N2O5. The second-order valence-electron chi connectivity index (χ2n) is 7.66. The van der Waals surface area contributed by atoms with Crippen LogP contribution in [0.3, 0.4) is 0 Å². The van der Waals surface area contributed by atoms with Gasteiger partial charge in [0.15, 0.2) is 0 Å². The predicted octanol–water partition coefficient (Wildman–Crippen LogP) is 4.79.